The number of carbonyl (C=O) groups is 1. The van der Waals surface area contributed by atoms with E-state index in [0.717, 1.165) is 24.8 Å². The molecule has 1 amide bonds. The first-order valence-electron chi connectivity index (χ1n) is 10.8. The summed E-state index contributed by atoms with van der Waals surface area (Å²) in [5.41, 5.74) is 2.23. The molecule has 1 aliphatic heterocycles. The van der Waals surface area contributed by atoms with Crippen LogP contribution in [0.15, 0.2) is 42.5 Å². The number of aryl methyl sites for hydroxylation is 1. The van der Waals surface area contributed by atoms with Crippen molar-refractivity contribution in [2.24, 2.45) is 11.8 Å². The topological polar surface area (TPSA) is 38.8 Å². The predicted octanol–water partition coefficient (Wildman–Crippen LogP) is 5.75. The van der Waals surface area contributed by atoms with Gasteiger partial charge in [-0.15, -0.1) is 0 Å². The molecule has 0 N–H and O–H groups in total. The van der Waals surface area contributed by atoms with Crippen molar-refractivity contribution in [2.75, 3.05) is 19.8 Å². The highest BCUT2D eigenvalue weighted by atomic mass is 35.5. The van der Waals surface area contributed by atoms with Gasteiger partial charge in [-0.25, -0.2) is 0 Å². The van der Waals surface area contributed by atoms with Gasteiger partial charge >= 0.3 is 0 Å². The lowest BCUT2D eigenvalue weighted by molar-refractivity contribution is -0.136. The Morgan fingerprint density at radius 2 is 1.80 bits per heavy atom. The third-order valence-electron chi connectivity index (χ3n) is 5.26. The van der Waals surface area contributed by atoms with E-state index in [9.17, 15) is 4.79 Å². The molecule has 3 rings (SSSR count). The van der Waals surface area contributed by atoms with Crippen molar-refractivity contribution in [3.8, 4) is 11.5 Å². The first-order chi connectivity index (χ1) is 14.4. The van der Waals surface area contributed by atoms with E-state index >= 15 is 0 Å². The maximum atomic E-state index is 13.3. The molecule has 0 aromatic heterocycles. The minimum Gasteiger partial charge on any atom is -0.489 e. The van der Waals surface area contributed by atoms with Gasteiger partial charge in [-0.2, -0.15) is 0 Å². The average Bonchev–Trinajstić information content (AvgIpc) is 2.97. The molecule has 2 aromatic carbocycles. The third-order valence-corrected chi connectivity index (χ3v) is 5.54. The molecule has 162 valence electrons. The monoisotopic (exact) mass is 429 g/mol. The average molecular weight is 430 g/mol. The Kier molecular flexibility index (Phi) is 8.03. The van der Waals surface area contributed by atoms with E-state index in [1.165, 1.54) is 5.56 Å². The molecule has 0 saturated carbocycles. The number of hydrogen-bond donors (Lipinski definition) is 0. The molecule has 1 atom stereocenters. The summed E-state index contributed by atoms with van der Waals surface area (Å²) in [6, 6.07) is 14.2. The number of halogens is 1. The molecule has 0 fully saturated rings. The molecule has 1 heterocycles. The van der Waals surface area contributed by atoms with Crippen LogP contribution in [0.1, 0.15) is 44.7 Å². The molecule has 2 aromatic rings. The second kappa shape index (κ2) is 10.7. The third kappa shape index (κ3) is 6.15. The molecule has 4 nitrogen and oxygen atoms in total. The summed E-state index contributed by atoms with van der Waals surface area (Å²) in [6.45, 7) is 8.73. The molecule has 0 bridgehead atoms. The van der Waals surface area contributed by atoms with Gasteiger partial charge in [0.2, 0.25) is 5.91 Å². The fourth-order valence-corrected chi connectivity index (χ4v) is 4.02. The van der Waals surface area contributed by atoms with E-state index in [0.29, 0.717) is 48.7 Å². The summed E-state index contributed by atoms with van der Waals surface area (Å²) in [5, 5.41) is 0.540. The molecular weight excluding hydrogens is 398 g/mol. The maximum absolute atomic E-state index is 13.3. The fourth-order valence-electron chi connectivity index (χ4n) is 3.73. The van der Waals surface area contributed by atoms with Crippen LogP contribution in [0.25, 0.3) is 0 Å². The standard InChI is InChI=1S/C25H32ClNO3/c1-18(2)16-27(25(28)19(3)10-11-20-8-5-4-6-9-20)17-21-14-22(26)24-23(15-21)29-12-7-13-30-24/h4-6,8-9,14-15,18-19H,7,10-13,16-17H2,1-3H3/t19-/m1/s1. The van der Waals surface area contributed by atoms with Crippen LogP contribution < -0.4 is 9.47 Å². The molecule has 0 radical (unpaired) electrons. The van der Waals surface area contributed by atoms with E-state index in [4.69, 9.17) is 21.1 Å². The Balaban J connectivity index is 1.71. The highest BCUT2D eigenvalue weighted by Crippen LogP contribution is 2.38. The Morgan fingerprint density at radius 3 is 2.53 bits per heavy atom. The van der Waals surface area contributed by atoms with E-state index in [-0.39, 0.29) is 11.8 Å². The highest BCUT2D eigenvalue weighted by Gasteiger charge is 2.23. The van der Waals surface area contributed by atoms with E-state index in [1.54, 1.807) is 0 Å². The van der Waals surface area contributed by atoms with Crippen LogP contribution in [0.4, 0.5) is 0 Å². The van der Waals surface area contributed by atoms with Crippen molar-refractivity contribution in [2.45, 2.75) is 46.6 Å². The quantitative estimate of drug-likeness (QED) is 0.535. The molecular formula is C25H32ClNO3. The number of carbonyl (C=O) groups excluding carboxylic acids is 1. The number of rotatable bonds is 8. The van der Waals surface area contributed by atoms with Gasteiger partial charge < -0.3 is 14.4 Å². The molecule has 1 aliphatic rings. The largest absolute Gasteiger partial charge is 0.489 e. The molecule has 30 heavy (non-hydrogen) atoms. The normalized spacial score (nSPS) is 14.3. The number of benzene rings is 2. The molecule has 0 spiro atoms. The summed E-state index contributed by atoms with van der Waals surface area (Å²) in [7, 11) is 0. The Morgan fingerprint density at radius 1 is 1.07 bits per heavy atom. The van der Waals surface area contributed by atoms with Gasteiger partial charge in [0.25, 0.3) is 0 Å². The van der Waals surface area contributed by atoms with Gasteiger partial charge in [0.05, 0.1) is 18.2 Å². The van der Waals surface area contributed by atoms with Crippen molar-refractivity contribution in [3.63, 3.8) is 0 Å². The van der Waals surface area contributed by atoms with Crippen LogP contribution >= 0.6 is 11.6 Å². The van der Waals surface area contributed by atoms with Gasteiger partial charge in [-0.1, -0.05) is 62.7 Å². The molecule has 0 saturated heterocycles. The maximum Gasteiger partial charge on any atom is 0.225 e. The minimum atomic E-state index is -0.0418. The van der Waals surface area contributed by atoms with Gasteiger partial charge in [-0.05, 0) is 42.0 Å². The first-order valence-corrected chi connectivity index (χ1v) is 11.2. The highest BCUT2D eigenvalue weighted by molar-refractivity contribution is 6.32. The number of amides is 1. The zero-order valence-corrected chi connectivity index (χ0v) is 19.0. The zero-order chi connectivity index (χ0) is 21.5. The second-order valence-electron chi connectivity index (χ2n) is 8.49. The lowest BCUT2D eigenvalue weighted by atomic mass is 9.99. The number of hydrogen-bond acceptors (Lipinski definition) is 3. The van der Waals surface area contributed by atoms with Crippen LogP contribution in [0.3, 0.4) is 0 Å². The van der Waals surface area contributed by atoms with Crippen molar-refractivity contribution < 1.29 is 14.3 Å². The van der Waals surface area contributed by atoms with Crippen LogP contribution in [0.5, 0.6) is 11.5 Å². The molecule has 0 unspecified atom stereocenters. The zero-order valence-electron chi connectivity index (χ0n) is 18.2. The van der Waals surface area contributed by atoms with Gasteiger partial charge in [-0.3, -0.25) is 4.79 Å². The van der Waals surface area contributed by atoms with Crippen LogP contribution in [0, 0.1) is 11.8 Å². The summed E-state index contributed by atoms with van der Waals surface area (Å²) in [6.07, 6.45) is 2.57. The van der Waals surface area contributed by atoms with Gasteiger partial charge in [0.15, 0.2) is 11.5 Å². The van der Waals surface area contributed by atoms with Crippen molar-refractivity contribution in [1.82, 2.24) is 4.90 Å². The second-order valence-corrected chi connectivity index (χ2v) is 8.90. The number of ether oxygens (including phenoxy) is 2. The Hall–Kier alpha value is -2.20. The Bertz CT molecular complexity index is 838. The van der Waals surface area contributed by atoms with E-state index in [1.807, 2.05) is 42.2 Å². The lowest BCUT2D eigenvalue weighted by Gasteiger charge is -2.28. The van der Waals surface area contributed by atoms with Crippen LogP contribution in [0.2, 0.25) is 5.02 Å². The predicted molar refractivity (Wildman–Crippen MR) is 121 cm³/mol. The smallest absolute Gasteiger partial charge is 0.225 e. The Labute approximate surface area is 185 Å². The van der Waals surface area contributed by atoms with E-state index in [2.05, 4.69) is 26.0 Å². The molecule has 5 heteroatoms. The van der Waals surface area contributed by atoms with Crippen molar-refractivity contribution >= 4 is 17.5 Å². The summed E-state index contributed by atoms with van der Waals surface area (Å²) in [4.78, 5) is 15.2. The SMILES string of the molecule is CC(C)CN(Cc1cc(Cl)c2c(c1)OCCCO2)C(=O)[C@H](C)CCc1ccccc1. The lowest BCUT2D eigenvalue weighted by Crippen LogP contribution is -2.37. The van der Waals surface area contributed by atoms with Gasteiger partial charge in [0.1, 0.15) is 0 Å². The number of nitrogens with zero attached hydrogens (tertiary/aromatic N) is 1. The van der Waals surface area contributed by atoms with Crippen molar-refractivity contribution in [3.05, 3.63) is 58.6 Å². The summed E-state index contributed by atoms with van der Waals surface area (Å²) >= 11 is 6.46. The van der Waals surface area contributed by atoms with Crippen LogP contribution in [-0.2, 0) is 17.8 Å². The first kappa shape index (κ1) is 22.5. The van der Waals surface area contributed by atoms with Gasteiger partial charge in [0, 0.05) is 25.4 Å². The summed E-state index contributed by atoms with van der Waals surface area (Å²) in [5.74, 6) is 1.80. The van der Waals surface area contributed by atoms with Crippen molar-refractivity contribution in [1.29, 1.82) is 0 Å². The summed E-state index contributed by atoms with van der Waals surface area (Å²) < 4.78 is 11.5. The van der Waals surface area contributed by atoms with E-state index < -0.39 is 0 Å². The number of fused-ring (bicyclic) bond motifs is 1. The fraction of sp³-hybridized carbons (Fsp3) is 0.480. The van der Waals surface area contributed by atoms with Crippen LogP contribution in [-0.4, -0.2) is 30.6 Å². The minimum absolute atomic E-state index is 0.0418. The molecule has 0 aliphatic carbocycles.